The molecule has 0 aromatic heterocycles. The van der Waals surface area contributed by atoms with Crippen molar-refractivity contribution in [3.05, 3.63) is 59.7 Å². The van der Waals surface area contributed by atoms with E-state index in [4.69, 9.17) is 23.7 Å². The summed E-state index contributed by atoms with van der Waals surface area (Å²) in [6.45, 7) is 5.20. The number of rotatable bonds is 7. The molecule has 2 aromatic rings. The van der Waals surface area contributed by atoms with E-state index in [0.717, 1.165) is 16.7 Å². The van der Waals surface area contributed by atoms with Crippen LogP contribution in [0.3, 0.4) is 0 Å². The summed E-state index contributed by atoms with van der Waals surface area (Å²) in [5, 5.41) is 0. The maximum atomic E-state index is 11.8. The van der Waals surface area contributed by atoms with Gasteiger partial charge in [-0.25, -0.2) is 0 Å². The van der Waals surface area contributed by atoms with Gasteiger partial charge in [-0.05, 0) is 41.8 Å². The first-order valence-electron chi connectivity index (χ1n) is 9.38. The molecule has 6 heteroatoms. The summed E-state index contributed by atoms with van der Waals surface area (Å²) < 4.78 is 28.3. The number of allylic oxidation sites excluding steroid dienone is 1. The van der Waals surface area contributed by atoms with Gasteiger partial charge in [0.25, 0.3) is 0 Å². The van der Waals surface area contributed by atoms with Crippen molar-refractivity contribution in [1.29, 1.82) is 0 Å². The van der Waals surface area contributed by atoms with Crippen LogP contribution in [0.1, 0.15) is 42.2 Å². The molecule has 3 rings (SSSR count). The Morgan fingerprint density at radius 2 is 1.83 bits per heavy atom. The van der Waals surface area contributed by atoms with Crippen molar-refractivity contribution < 1.29 is 28.5 Å². The predicted molar refractivity (Wildman–Crippen MR) is 109 cm³/mol. The first-order chi connectivity index (χ1) is 14.0. The Hall–Kier alpha value is -3.15. The van der Waals surface area contributed by atoms with Crippen molar-refractivity contribution in [2.45, 2.75) is 32.0 Å². The zero-order valence-corrected chi connectivity index (χ0v) is 17.2. The van der Waals surface area contributed by atoms with E-state index in [9.17, 15) is 4.79 Å². The number of hydrogen-bond acceptors (Lipinski definition) is 6. The van der Waals surface area contributed by atoms with E-state index in [1.807, 2.05) is 36.4 Å². The van der Waals surface area contributed by atoms with Gasteiger partial charge < -0.3 is 23.7 Å². The predicted octanol–water partition coefficient (Wildman–Crippen LogP) is 4.57. The molecule has 0 amide bonds. The fourth-order valence-corrected chi connectivity index (χ4v) is 3.57. The van der Waals surface area contributed by atoms with Crippen LogP contribution in [0, 0.1) is 0 Å². The molecule has 29 heavy (non-hydrogen) atoms. The van der Waals surface area contributed by atoms with E-state index in [0.29, 0.717) is 35.8 Å². The van der Waals surface area contributed by atoms with E-state index in [1.54, 1.807) is 21.3 Å². The molecule has 1 aliphatic heterocycles. The third kappa shape index (κ3) is 4.31. The quantitative estimate of drug-likeness (QED) is 0.503. The van der Waals surface area contributed by atoms with Crippen LogP contribution in [-0.2, 0) is 16.0 Å². The number of fused-ring (bicyclic) bond motifs is 1. The molecule has 2 unspecified atom stereocenters. The third-order valence-electron chi connectivity index (χ3n) is 4.87. The fourth-order valence-electron chi connectivity index (χ4n) is 3.57. The van der Waals surface area contributed by atoms with E-state index >= 15 is 0 Å². The van der Waals surface area contributed by atoms with Gasteiger partial charge in [0.05, 0.1) is 21.3 Å². The van der Waals surface area contributed by atoms with Gasteiger partial charge in [0, 0.05) is 18.9 Å². The normalized spacial score (nSPS) is 17.5. The molecule has 0 saturated carbocycles. The molecule has 0 N–H and O–H groups in total. The zero-order valence-electron chi connectivity index (χ0n) is 17.2. The van der Waals surface area contributed by atoms with Gasteiger partial charge in [-0.15, -0.1) is 6.58 Å². The lowest BCUT2D eigenvalue weighted by Gasteiger charge is -2.33. The molecule has 0 aliphatic carbocycles. The van der Waals surface area contributed by atoms with Crippen LogP contribution in [0.2, 0.25) is 0 Å². The molecule has 0 saturated heterocycles. The largest absolute Gasteiger partial charge is 0.493 e. The topological polar surface area (TPSA) is 63.2 Å². The van der Waals surface area contributed by atoms with Crippen LogP contribution >= 0.6 is 0 Å². The summed E-state index contributed by atoms with van der Waals surface area (Å²) in [6.07, 6.45) is 2.18. The Morgan fingerprint density at radius 3 is 2.45 bits per heavy atom. The number of benzene rings is 2. The molecule has 154 valence electrons. The van der Waals surface area contributed by atoms with Gasteiger partial charge in [-0.2, -0.15) is 0 Å². The smallest absolute Gasteiger partial charge is 0.303 e. The summed E-state index contributed by atoms with van der Waals surface area (Å²) in [7, 11) is 4.77. The van der Waals surface area contributed by atoms with Crippen LogP contribution in [0.4, 0.5) is 0 Å². The molecule has 0 radical (unpaired) electrons. The Morgan fingerprint density at radius 1 is 1.10 bits per heavy atom. The van der Waals surface area contributed by atoms with Gasteiger partial charge in [0.1, 0.15) is 12.2 Å². The first kappa shape index (κ1) is 20.6. The molecule has 2 atom stereocenters. The van der Waals surface area contributed by atoms with E-state index in [2.05, 4.69) is 6.58 Å². The highest BCUT2D eigenvalue weighted by Gasteiger charge is 2.34. The second-order valence-corrected chi connectivity index (χ2v) is 6.76. The number of carbonyl (C=O) groups is 1. The standard InChI is InChI=1S/C23H26O6/c1-6-7-15-10-17-20(28-14(2)24)13-19(29-23(17)22(11-15)27-5)16-8-9-18(25-3)21(12-16)26-4/h6,8-12,19-20H,1,7,13H2,2-5H3. The van der Waals surface area contributed by atoms with E-state index < -0.39 is 6.10 Å². The summed E-state index contributed by atoms with van der Waals surface area (Å²) in [6, 6.07) is 9.52. The van der Waals surface area contributed by atoms with Crippen molar-refractivity contribution in [3.8, 4) is 23.0 Å². The second kappa shape index (κ2) is 8.90. The number of hydrogen-bond donors (Lipinski definition) is 0. The fraction of sp³-hybridized carbons (Fsp3) is 0.348. The molecule has 6 nitrogen and oxygen atoms in total. The maximum absolute atomic E-state index is 11.8. The van der Waals surface area contributed by atoms with Crippen LogP contribution in [0.5, 0.6) is 23.0 Å². The average Bonchev–Trinajstić information content (AvgIpc) is 2.72. The van der Waals surface area contributed by atoms with Gasteiger partial charge in [0.2, 0.25) is 0 Å². The lowest BCUT2D eigenvalue weighted by molar-refractivity contribution is -0.149. The summed E-state index contributed by atoms with van der Waals surface area (Å²) in [4.78, 5) is 11.8. The van der Waals surface area contributed by atoms with Crippen LogP contribution in [0.25, 0.3) is 0 Å². The summed E-state index contributed by atoms with van der Waals surface area (Å²) >= 11 is 0. The van der Waals surface area contributed by atoms with Crippen LogP contribution in [-0.4, -0.2) is 27.3 Å². The third-order valence-corrected chi connectivity index (χ3v) is 4.87. The Balaban J connectivity index is 2.05. The molecular weight excluding hydrogens is 372 g/mol. The highest BCUT2D eigenvalue weighted by atomic mass is 16.6. The molecule has 1 aliphatic rings. The first-order valence-corrected chi connectivity index (χ1v) is 9.38. The van der Waals surface area contributed by atoms with Crippen molar-refractivity contribution in [2.24, 2.45) is 0 Å². The van der Waals surface area contributed by atoms with E-state index in [1.165, 1.54) is 6.92 Å². The zero-order chi connectivity index (χ0) is 21.0. The molecule has 0 fully saturated rings. The lowest BCUT2D eigenvalue weighted by atomic mass is 9.92. The maximum Gasteiger partial charge on any atom is 0.303 e. The van der Waals surface area contributed by atoms with Crippen LogP contribution in [0.15, 0.2) is 43.0 Å². The van der Waals surface area contributed by atoms with Crippen molar-refractivity contribution in [2.75, 3.05) is 21.3 Å². The van der Waals surface area contributed by atoms with Crippen LogP contribution < -0.4 is 18.9 Å². The van der Waals surface area contributed by atoms with Gasteiger partial charge in [0.15, 0.2) is 23.0 Å². The minimum atomic E-state index is -0.451. The SMILES string of the molecule is C=CCc1cc(OC)c2c(c1)C(OC(C)=O)CC(c1ccc(OC)c(OC)c1)O2. The second-order valence-electron chi connectivity index (χ2n) is 6.76. The summed E-state index contributed by atoms with van der Waals surface area (Å²) in [5.74, 6) is 2.08. The minimum absolute atomic E-state index is 0.342. The minimum Gasteiger partial charge on any atom is -0.493 e. The molecule has 2 aromatic carbocycles. The van der Waals surface area contributed by atoms with Gasteiger partial charge in [-0.1, -0.05) is 12.1 Å². The Labute approximate surface area is 171 Å². The lowest BCUT2D eigenvalue weighted by Crippen LogP contribution is -2.23. The van der Waals surface area contributed by atoms with Gasteiger partial charge >= 0.3 is 5.97 Å². The van der Waals surface area contributed by atoms with Crippen molar-refractivity contribution in [3.63, 3.8) is 0 Å². The number of ether oxygens (including phenoxy) is 5. The highest BCUT2D eigenvalue weighted by Crippen LogP contribution is 2.48. The number of esters is 1. The molecule has 1 heterocycles. The van der Waals surface area contributed by atoms with E-state index in [-0.39, 0.29) is 12.1 Å². The molecular formula is C23H26O6. The Bertz CT molecular complexity index is 904. The Kier molecular flexibility index (Phi) is 6.32. The monoisotopic (exact) mass is 398 g/mol. The molecule has 0 bridgehead atoms. The number of methoxy groups -OCH3 is 3. The molecule has 0 spiro atoms. The highest BCUT2D eigenvalue weighted by molar-refractivity contribution is 5.67. The average molecular weight is 398 g/mol. The summed E-state index contributed by atoms with van der Waals surface area (Å²) in [5.41, 5.74) is 2.71. The van der Waals surface area contributed by atoms with Gasteiger partial charge in [-0.3, -0.25) is 4.79 Å². The van der Waals surface area contributed by atoms with Crippen molar-refractivity contribution >= 4 is 5.97 Å². The number of carbonyl (C=O) groups excluding carboxylic acids is 1. The van der Waals surface area contributed by atoms with Crippen molar-refractivity contribution in [1.82, 2.24) is 0 Å².